The minimum Gasteiger partial charge on any atom is -0.478 e. The van der Waals surface area contributed by atoms with E-state index < -0.39 is 18.2 Å². The number of hydrogen-bond acceptors (Lipinski definition) is 4. The van der Waals surface area contributed by atoms with Crippen LogP contribution in [0.3, 0.4) is 0 Å². The highest BCUT2D eigenvalue weighted by Crippen LogP contribution is 2.10. The summed E-state index contributed by atoms with van der Waals surface area (Å²) in [5.41, 5.74) is 0.129. The van der Waals surface area contributed by atoms with Crippen LogP contribution in [0.15, 0.2) is 24.3 Å². The SMILES string of the molecule is CCCCCC(O)OC(=O)c1cccc(C(=O)O)c1. The lowest BCUT2D eigenvalue weighted by molar-refractivity contribution is -0.0693. The molecule has 0 bridgehead atoms. The van der Waals surface area contributed by atoms with Crippen molar-refractivity contribution in [3.05, 3.63) is 35.4 Å². The number of aliphatic hydroxyl groups is 1. The Hall–Kier alpha value is -1.88. The molecule has 5 nitrogen and oxygen atoms in total. The number of carbonyl (C=O) groups is 2. The molecule has 0 spiro atoms. The van der Waals surface area contributed by atoms with Gasteiger partial charge in [0.1, 0.15) is 0 Å². The molecule has 0 heterocycles. The molecule has 0 aromatic heterocycles. The van der Waals surface area contributed by atoms with Gasteiger partial charge in [-0.3, -0.25) is 0 Å². The van der Waals surface area contributed by atoms with Crippen molar-refractivity contribution in [2.45, 2.75) is 38.9 Å². The number of unbranched alkanes of at least 4 members (excludes halogenated alkanes) is 2. The van der Waals surface area contributed by atoms with Crippen molar-refractivity contribution in [2.75, 3.05) is 0 Å². The topological polar surface area (TPSA) is 83.8 Å². The molecule has 0 aliphatic rings. The highest BCUT2D eigenvalue weighted by molar-refractivity contribution is 5.94. The number of hydrogen-bond donors (Lipinski definition) is 2. The first-order valence-corrected chi connectivity index (χ1v) is 6.27. The molecular formula is C14H18O5. The van der Waals surface area contributed by atoms with Crippen LogP contribution in [-0.2, 0) is 4.74 Å². The lowest BCUT2D eigenvalue weighted by atomic mass is 10.1. The Labute approximate surface area is 111 Å². The molecule has 5 heteroatoms. The molecule has 0 amide bonds. The van der Waals surface area contributed by atoms with Crippen molar-refractivity contribution in [1.29, 1.82) is 0 Å². The summed E-state index contributed by atoms with van der Waals surface area (Å²) in [6.45, 7) is 2.04. The number of aromatic carboxylic acids is 1. The Morgan fingerprint density at radius 1 is 1.26 bits per heavy atom. The number of carboxylic acids is 1. The molecule has 0 aliphatic heterocycles. The molecule has 0 radical (unpaired) electrons. The first kappa shape index (κ1) is 15.2. The van der Waals surface area contributed by atoms with Crippen LogP contribution in [0.1, 0.15) is 53.3 Å². The van der Waals surface area contributed by atoms with Crippen molar-refractivity contribution in [3.63, 3.8) is 0 Å². The molecule has 0 saturated carbocycles. The van der Waals surface area contributed by atoms with E-state index in [4.69, 9.17) is 9.84 Å². The molecule has 1 aromatic carbocycles. The molecule has 0 fully saturated rings. The second-order valence-electron chi connectivity index (χ2n) is 4.24. The van der Waals surface area contributed by atoms with Crippen molar-refractivity contribution >= 4 is 11.9 Å². The Morgan fingerprint density at radius 2 is 1.95 bits per heavy atom. The maximum absolute atomic E-state index is 11.7. The molecule has 104 valence electrons. The van der Waals surface area contributed by atoms with Crippen LogP contribution in [-0.4, -0.2) is 28.4 Å². The second kappa shape index (κ2) is 7.53. The summed E-state index contributed by atoms with van der Waals surface area (Å²) in [4.78, 5) is 22.5. The highest BCUT2D eigenvalue weighted by Gasteiger charge is 2.14. The zero-order valence-corrected chi connectivity index (χ0v) is 10.8. The number of benzene rings is 1. The van der Waals surface area contributed by atoms with Crippen LogP contribution in [0.5, 0.6) is 0 Å². The van der Waals surface area contributed by atoms with E-state index in [-0.39, 0.29) is 11.1 Å². The number of rotatable bonds is 7. The predicted molar refractivity (Wildman–Crippen MR) is 69.0 cm³/mol. The molecule has 1 unspecified atom stereocenters. The number of esters is 1. The average Bonchev–Trinajstić information content (AvgIpc) is 2.39. The van der Waals surface area contributed by atoms with Gasteiger partial charge in [0.2, 0.25) is 6.29 Å². The van der Waals surface area contributed by atoms with Crippen molar-refractivity contribution in [1.82, 2.24) is 0 Å². The van der Waals surface area contributed by atoms with E-state index >= 15 is 0 Å². The fourth-order valence-electron chi connectivity index (χ4n) is 1.60. The van der Waals surface area contributed by atoms with Crippen molar-refractivity contribution in [2.24, 2.45) is 0 Å². The molecule has 0 saturated heterocycles. The van der Waals surface area contributed by atoms with E-state index in [1.165, 1.54) is 24.3 Å². The fraction of sp³-hybridized carbons (Fsp3) is 0.429. The van der Waals surface area contributed by atoms with Gasteiger partial charge in [0.05, 0.1) is 11.1 Å². The summed E-state index contributed by atoms with van der Waals surface area (Å²) in [7, 11) is 0. The lowest BCUT2D eigenvalue weighted by Gasteiger charge is -2.11. The van der Waals surface area contributed by atoms with Gasteiger partial charge in [-0.25, -0.2) is 9.59 Å². The van der Waals surface area contributed by atoms with Crippen LogP contribution >= 0.6 is 0 Å². The largest absolute Gasteiger partial charge is 0.478 e. The van der Waals surface area contributed by atoms with Gasteiger partial charge in [-0.05, 0) is 24.6 Å². The Balaban J connectivity index is 2.57. The average molecular weight is 266 g/mol. The third-order valence-corrected chi connectivity index (χ3v) is 2.64. The van der Waals surface area contributed by atoms with E-state index in [1.807, 2.05) is 6.92 Å². The minimum atomic E-state index is -1.15. The first-order valence-electron chi connectivity index (χ1n) is 6.27. The second-order valence-corrected chi connectivity index (χ2v) is 4.24. The van der Waals surface area contributed by atoms with Crippen molar-refractivity contribution in [3.8, 4) is 0 Å². The third-order valence-electron chi connectivity index (χ3n) is 2.64. The minimum absolute atomic E-state index is 0.00919. The number of carbonyl (C=O) groups excluding carboxylic acids is 1. The molecule has 2 N–H and O–H groups in total. The van der Waals surface area contributed by atoms with Gasteiger partial charge >= 0.3 is 11.9 Å². The van der Waals surface area contributed by atoms with E-state index in [9.17, 15) is 14.7 Å². The standard InChI is InChI=1S/C14H18O5/c1-2-3-4-8-12(15)19-14(18)11-7-5-6-10(9-11)13(16)17/h5-7,9,12,15H,2-4,8H2,1H3,(H,16,17). The van der Waals surface area contributed by atoms with Crippen LogP contribution in [0.4, 0.5) is 0 Å². The van der Waals surface area contributed by atoms with Crippen LogP contribution in [0, 0.1) is 0 Å². The Bertz CT molecular complexity index is 441. The summed E-state index contributed by atoms with van der Waals surface area (Å²) >= 11 is 0. The van der Waals surface area contributed by atoms with Gasteiger partial charge in [0.15, 0.2) is 0 Å². The van der Waals surface area contributed by atoms with Gasteiger partial charge < -0.3 is 14.9 Å². The van der Waals surface area contributed by atoms with E-state index in [0.717, 1.165) is 19.3 Å². The van der Waals surface area contributed by atoms with E-state index in [1.54, 1.807) is 0 Å². The molecule has 1 rings (SSSR count). The summed E-state index contributed by atoms with van der Waals surface area (Å²) in [6.07, 6.45) is 2.00. The zero-order valence-electron chi connectivity index (χ0n) is 10.8. The third kappa shape index (κ3) is 5.09. The molecule has 0 aliphatic carbocycles. The quantitative estimate of drug-likeness (QED) is 0.450. The van der Waals surface area contributed by atoms with E-state index in [2.05, 4.69) is 0 Å². The number of ether oxygens (including phenoxy) is 1. The Kier molecular flexibility index (Phi) is 6.02. The summed E-state index contributed by atoms with van der Waals surface area (Å²) < 4.78 is 4.84. The lowest BCUT2D eigenvalue weighted by Crippen LogP contribution is -2.18. The zero-order chi connectivity index (χ0) is 14.3. The summed E-state index contributed by atoms with van der Waals surface area (Å²) in [5, 5.41) is 18.3. The molecule has 1 aromatic rings. The smallest absolute Gasteiger partial charge is 0.340 e. The normalized spacial score (nSPS) is 11.9. The Morgan fingerprint density at radius 3 is 2.58 bits per heavy atom. The maximum Gasteiger partial charge on any atom is 0.340 e. The predicted octanol–water partition coefficient (Wildman–Crippen LogP) is 2.44. The summed E-state index contributed by atoms with van der Waals surface area (Å²) in [5.74, 6) is -1.83. The monoisotopic (exact) mass is 266 g/mol. The fourth-order valence-corrected chi connectivity index (χ4v) is 1.60. The molecular weight excluding hydrogens is 248 g/mol. The van der Waals surface area contributed by atoms with Gasteiger partial charge in [-0.1, -0.05) is 25.8 Å². The van der Waals surface area contributed by atoms with Crippen LogP contribution in [0.2, 0.25) is 0 Å². The number of carboxylic acid groups (broad SMARTS) is 1. The highest BCUT2D eigenvalue weighted by atomic mass is 16.6. The first-order chi connectivity index (χ1) is 9.04. The summed E-state index contributed by atoms with van der Waals surface area (Å²) in [6, 6.07) is 5.53. The maximum atomic E-state index is 11.7. The van der Waals surface area contributed by atoms with Gasteiger partial charge in [0.25, 0.3) is 0 Å². The van der Waals surface area contributed by atoms with Gasteiger partial charge in [-0.2, -0.15) is 0 Å². The van der Waals surface area contributed by atoms with Gasteiger partial charge in [0, 0.05) is 6.42 Å². The van der Waals surface area contributed by atoms with E-state index in [0.29, 0.717) is 6.42 Å². The van der Waals surface area contributed by atoms with Crippen LogP contribution in [0.25, 0.3) is 0 Å². The molecule has 19 heavy (non-hydrogen) atoms. The number of aliphatic hydroxyl groups excluding tert-OH is 1. The van der Waals surface area contributed by atoms with Gasteiger partial charge in [-0.15, -0.1) is 0 Å². The van der Waals surface area contributed by atoms with Crippen molar-refractivity contribution < 1.29 is 24.5 Å². The molecule has 1 atom stereocenters. The van der Waals surface area contributed by atoms with Crippen LogP contribution < -0.4 is 0 Å².